The van der Waals surface area contributed by atoms with Crippen LogP contribution in [-0.4, -0.2) is 36.7 Å². The molecule has 1 heterocycles. The van der Waals surface area contributed by atoms with E-state index in [0.717, 1.165) is 33.9 Å². The molecule has 6 nitrogen and oxygen atoms in total. The van der Waals surface area contributed by atoms with Gasteiger partial charge >= 0.3 is 0 Å². The smallest absolute Gasteiger partial charge is 0.179 e. The van der Waals surface area contributed by atoms with Crippen molar-refractivity contribution in [2.75, 3.05) is 14.2 Å². The lowest BCUT2D eigenvalue weighted by atomic mass is 10.0. The third-order valence-electron chi connectivity index (χ3n) is 4.10. The Morgan fingerprint density at radius 1 is 1.04 bits per heavy atom. The summed E-state index contributed by atoms with van der Waals surface area (Å²) >= 11 is 0. The fraction of sp³-hybridized carbons (Fsp3) is 0.143. The van der Waals surface area contributed by atoms with E-state index in [1.807, 2.05) is 43.3 Å². The van der Waals surface area contributed by atoms with Gasteiger partial charge in [0.1, 0.15) is 17.2 Å². The number of benzene rings is 2. The summed E-state index contributed by atoms with van der Waals surface area (Å²) in [5.74, 6) is 1.89. The van der Waals surface area contributed by atoms with Gasteiger partial charge in [-0.1, -0.05) is 12.1 Å². The Morgan fingerprint density at radius 2 is 1.89 bits per heavy atom. The fourth-order valence-corrected chi connectivity index (χ4v) is 2.64. The molecule has 0 radical (unpaired) electrons. The molecule has 0 N–H and O–H groups in total. The number of aryl methyl sites for hydroxylation is 1. The summed E-state index contributed by atoms with van der Waals surface area (Å²) in [6.45, 7) is 5.60. The molecule has 3 rings (SSSR count). The third kappa shape index (κ3) is 4.00. The molecule has 0 spiro atoms. The molecule has 3 aromatic rings. The molecule has 0 saturated carbocycles. The lowest BCUT2D eigenvalue weighted by molar-refractivity contribution is 0.395. The van der Waals surface area contributed by atoms with Crippen LogP contribution in [0.15, 0.2) is 65.0 Å². The molecule has 0 bridgehead atoms. The Labute approximate surface area is 158 Å². The molecule has 0 fully saturated rings. The average molecular weight is 360 g/mol. The van der Waals surface area contributed by atoms with Crippen molar-refractivity contribution in [2.24, 2.45) is 9.98 Å². The molecule has 136 valence electrons. The predicted molar refractivity (Wildman–Crippen MR) is 107 cm³/mol. The van der Waals surface area contributed by atoms with Crippen LogP contribution in [0.4, 0.5) is 5.69 Å². The summed E-state index contributed by atoms with van der Waals surface area (Å²) in [5.41, 5.74) is 4.28. The largest absolute Gasteiger partial charge is 0.497 e. The number of rotatable bonds is 5. The predicted octanol–water partition coefficient (Wildman–Crippen LogP) is 4.25. The molecule has 6 heteroatoms. The molecular formula is C21H20N4O2. The lowest BCUT2D eigenvalue weighted by Gasteiger charge is -2.12. The van der Waals surface area contributed by atoms with E-state index in [9.17, 15) is 0 Å². The van der Waals surface area contributed by atoms with E-state index in [1.165, 1.54) is 0 Å². The highest BCUT2D eigenvalue weighted by Gasteiger charge is 2.10. The number of methoxy groups -OCH3 is 2. The number of amidine groups is 1. The number of hydrogen-bond donors (Lipinski definition) is 0. The summed E-state index contributed by atoms with van der Waals surface area (Å²) < 4.78 is 10.8. The highest BCUT2D eigenvalue weighted by Crippen LogP contribution is 2.35. The van der Waals surface area contributed by atoms with E-state index in [4.69, 9.17) is 9.47 Å². The van der Waals surface area contributed by atoms with Gasteiger partial charge in [-0.15, -0.1) is 0 Å². The first-order valence-electron chi connectivity index (χ1n) is 8.31. The minimum atomic E-state index is 0.421. The Kier molecular flexibility index (Phi) is 5.56. The third-order valence-corrected chi connectivity index (χ3v) is 4.10. The van der Waals surface area contributed by atoms with Gasteiger partial charge in [-0.2, -0.15) is 0 Å². The van der Waals surface area contributed by atoms with E-state index < -0.39 is 0 Å². The molecule has 0 aliphatic carbocycles. The number of aromatic nitrogens is 2. The zero-order valence-corrected chi connectivity index (χ0v) is 15.5. The topological polar surface area (TPSA) is 69.0 Å². The first kappa shape index (κ1) is 18.3. The van der Waals surface area contributed by atoms with Gasteiger partial charge in [-0.3, -0.25) is 4.98 Å². The molecule has 0 aliphatic rings. The van der Waals surface area contributed by atoms with Crippen LogP contribution in [0.2, 0.25) is 0 Å². The van der Waals surface area contributed by atoms with Gasteiger partial charge in [0, 0.05) is 24.0 Å². The Hall–Kier alpha value is -3.54. The zero-order chi connectivity index (χ0) is 19.2. The second-order valence-electron chi connectivity index (χ2n) is 5.75. The normalized spacial score (nSPS) is 11.1. The quantitative estimate of drug-likeness (QED) is 0.504. The standard InChI is InChI=1S/C21H20N4O2/c1-14-5-6-15(17-8-7-16(26-3)12-20(17)27-4)11-18(14)25-21(22-2)19-13-23-9-10-24-19/h5-13H,2H2,1,3-4H3. The summed E-state index contributed by atoms with van der Waals surface area (Å²) in [6.07, 6.45) is 4.81. The summed E-state index contributed by atoms with van der Waals surface area (Å²) in [5, 5.41) is 0. The highest BCUT2D eigenvalue weighted by atomic mass is 16.5. The fourth-order valence-electron chi connectivity index (χ4n) is 2.64. The van der Waals surface area contributed by atoms with Gasteiger partial charge in [-0.05, 0) is 43.0 Å². The van der Waals surface area contributed by atoms with Crippen molar-refractivity contribution in [3.63, 3.8) is 0 Å². The second-order valence-corrected chi connectivity index (χ2v) is 5.75. The number of hydrogen-bond acceptors (Lipinski definition) is 5. The Morgan fingerprint density at radius 3 is 2.56 bits per heavy atom. The lowest BCUT2D eigenvalue weighted by Crippen LogP contribution is -2.00. The molecule has 0 aliphatic heterocycles. The first-order valence-corrected chi connectivity index (χ1v) is 8.31. The van der Waals surface area contributed by atoms with E-state index in [2.05, 4.69) is 26.7 Å². The van der Waals surface area contributed by atoms with Crippen molar-refractivity contribution in [1.29, 1.82) is 0 Å². The molecule has 0 unspecified atom stereocenters. The van der Waals surface area contributed by atoms with Gasteiger partial charge in [-0.25, -0.2) is 15.0 Å². The first-order chi connectivity index (χ1) is 13.2. The summed E-state index contributed by atoms with van der Waals surface area (Å²) in [6, 6.07) is 11.7. The van der Waals surface area contributed by atoms with E-state index in [0.29, 0.717) is 11.5 Å². The van der Waals surface area contributed by atoms with Crippen LogP contribution < -0.4 is 9.47 Å². The molecule has 2 aromatic carbocycles. The van der Waals surface area contributed by atoms with Gasteiger partial charge < -0.3 is 9.47 Å². The van der Waals surface area contributed by atoms with Crippen molar-refractivity contribution in [1.82, 2.24) is 9.97 Å². The molecule has 0 amide bonds. The van der Waals surface area contributed by atoms with Crippen LogP contribution in [-0.2, 0) is 0 Å². The van der Waals surface area contributed by atoms with Crippen LogP contribution in [0, 0.1) is 6.92 Å². The van der Waals surface area contributed by atoms with Gasteiger partial charge in [0.15, 0.2) is 5.84 Å². The minimum Gasteiger partial charge on any atom is -0.497 e. The Bertz CT molecular complexity index is 985. The summed E-state index contributed by atoms with van der Waals surface area (Å²) in [7, 11) is 3.27. The highest BCUT2D eigenvalue weighted by molar-refractivity contribution is 6.01. The van der Waals surface area contributed by atoms with Crippen LogP contribution in [0.5, 0.6) is 11.5 Å². The van der Waals surface area contributed by atoms with Crippen LogP contribution in [0.1, 0.15) is 11.3 Å². The van der Waals surface area contributed by atoms with Crippen molar-refractivity contribution < 1.29 is 9.47 Å². The van der Waals surface area contributed by atoms with Crippen molar-refractivity contribution >= 4 is 18.2 Å². The number of ether oxygens (including phenoxy) is 2. The zero-order valence-electron chi connectivity index (χ0n) is 15.5. The van der Waals surface area contributed by atoms with Crippen molar-refractivity contribution in [2.45, 2.75) is 6.92 Å². The maximum Gasteiger partial charge on any atom is 0.179 e. The van der Waals surface area contributed by atoms with Crippen LogP contribution in [0.3, 0.4) is 0 Å². The van der Waals surface area contributed by atoms with E-state index in [1.54, 1.807) is 32.8 Å². The average Bonchev–Trinajstić information content (AvgIpc) is 2.73. The molecule has 0 saturated heterocycles. The number of nitrogens with zero attached hydrogens (tertiary/aromatic N) is 4. The van der Waals surface area contributed by atoms with Gasteiger partial charge in [0.2, 0.25) is 0 Å². The molecular weight excluding hydrogens is 340 g/mol. The van der Waals surface area contributed by atoms with Crippen molar-refractivity contribution in [3.05, 3.63) is 66.2 Å². The number of aliphatic imine (C=N–C) groups is 2. The SMILES string of the molecule is C=NC(=Nc1cc(-c2ccc(OC)cc2OC)ccc1C)c1cnccn1. The molecule has 27 heavy (non-hydrogen) atoms. The van der Waals surface area contributed by atoms with E-state index >= 15 is 0 Å². The van der Waals surface area contributed by atoms with Crippen LogP contribution in [0.25, 0.3) is 11.1 Å². The minimum absolute atomic E-state index is 0.421. The van der Waals surface area contributed by atoms with E-state index in [-0.39, 0.29) is 0 Å². The Balaban J connectivity index is 2.08. The van der Waals surface area contributed by atoms with Crippen molar-refractivity contribution in [3.8, 4) is 22.6 Å². The maximum absolute atomic E-state index is 5.52. The molecule has 1 aromatic heterocycles. The monoisotopic (exact) mass is 360 g/mol. The maximum atomic E-state index is 5.52. The van der Waals surface area contributed by atoms with Gasteiger partial charge in [0.05, 0.1) is 26.1 Å². The molecule has 0 atom stereocenters. The summed E-state index contributed by atoms with van der Waals surface area (Å²) in [4.78, 5) is 17.0. The van der Waals surface area contributed by atoms with Crippen LogP contribution >= 0.6 is 0 Å². The van der Waals surface area contributed by atoms with Gasteiger partial charge in [0.25, 0.3) is 0 Å². The second kappa shape index (κ2) is 8.23.